The van der Waals surface area contributed by atoms with Gasteiger partial charge in [-0.2, -0.15) is 0 Å². The van der Waals surface area contributed by atoms with Gasteiger partial charge in [-0.15, -0.1) is 0 Å². The highest BCUT2D eigenvalue weighted by Crippen LogP contribution is 2.12. The SMILES string of the molecule is COCCCNC(=O)C(C)Nc1ccc(I)cc1. The minimum absolute atomic E-state index is 0.00431. The first kappa shape index (κ1) is 15.2. The quantitative estimate of drug-likeness (QED) is 0.578. The normalized spacial score (nSPS) is 11.9. The van der Waals surface area contributed by atoms with Crippen LogP contribution in [-0.2, 0) is 9.53 Å². The number of hydrogen-bond acceptors (Lipinski definition) is 3. The van der Waals surface area contributed by atoms with Crippen LogP contribution < -0.4 is 10.6 Å². The van der Waals surface area contributed by atoms with Gasteiger partial charge in [-0.05, 0) is 60.2 Å². The predicted octanol–water partition coefficient (Wildman–Crippen LogP) is 2.24. The molecule has 0 saturated heterocycles. The summed E-state index contributed by atoms with van der Waals surface area (Å²) >= 11 is 2.25. The highest BCUT2D eigenvalue weighted by molar-refractivity contribution is 14.1. The Labute approximate surface area is 122 Å². The van der Waals surface area contributed by atoms with Gasteiger partial charge in [0.1, 0.15) is 6.04 Å². The molecule has 18 heavy (non-hydrogen) atoms. The molecule has 4 nitrogen and oxygen atoms in total. The van der Waals surface area contributed by atoms with Crippen LogP contribution in [0.4, 0.5) is 5.69 Å². The van der Waals surface area contributed by atoms with Crippen molar-refractivity contribution >= 4 is 34.2 Å². The molecule has 100 valence electrons. The Hall–Kier alpha value is -0.820. The Kier molecular flexibility index (Phi) is 7.04. The Morgan fingerprint density at radius 2 is 2.06 bits per heavy atom. The maximum absolute atomic E-state index is 11.8. The molecule has 0 aliphatic heterocycles. The molecule has 1 atom stereocenters. The minimum Gasteiger partial charge on any atom is -0.385 e. The highest BCUT2D eigenvalue weighted by Gasteiger charge is 2.11. The van der Waals surface area contributed by atoms with Crippen LogP contribution in [0, 0.1) is 3.57 Å². The van der Waals surface area contributed by atoms with Crippen LogP contribution in [0.1, 0.15) is 13.3 Å². The molecule has 1 amide bonds. The number of benzene rings is 1. The van der Waals surface area contributed by atoms with Crippen LogP contribution in [0.2, 0.25) is 0 Å². The van der Waals surface area contributed by atoms with E-state index in [9.17, 15) is 4.79 Å². The van der Waals surface area contributed by atoms with E-state index >= 15 is 0 Å². The van der Waals surface area contributed by atoms with Gasteiger partial charge in [0.2, 0.25) is 5.91 Å². The molecule has 0 spiro atoms. The van der Waals surface area contributed by atoms with Gasteiger partial charge in [0.25, 0.3) is 0 Å². The Bertz CT molecular complexity index is 368. The summed E-state index contributed by atoms with van der Waals surface area (Å²) in [6.07, 6.45) is 0.832. The zero-order valence-corrected chi connectivity index (χ0v) is 12.9. The fourth-order valence-electron chi connectivity index (χ4n) is 1.44. The van der Waals surface area contributed by atoms with Gasteiger partial charge in [0, 0.05) is 29.5 Å². The third-order valence-electron chi connectivity index (χ3n) is 2.45. The van der Waals surface area contributed by atoms with E-state index in [1.54, 1.807) is 7.11 Å². The molecular formula is C13H19IN2O2. The van der Waals surface area contributed by atoms with Crippen molar-refractivity contribution in [2.45, 2.75) is 19.4 Å². The van der Waals surface area contributed by atoms with Gasteiger partial charge in [-0.25, -0.2) is 0 Å². The van der Waals surface area contributed by atoms with E-state index in [2.05, 4.69) is 33.2 Å². The van der Waals surface area contributed by atoms with E-state index in [0.29, 0.717) is 13.2 Å². The van der Waals surface area contributed by atoms with Crippen molar-refractivity contribution in [3.05, 3.63) is 27.8 Å². The van der Waals surface area contributed by atoms with Crippen molar-refractivity contribution in [2.75, 3.05) is 25.6 Å². The summed E-state index contributed by atoms with van der Waals surface area (Å²) in [5, 5.41) is 6.03. The van der Waals surface area contributed by atoms with Crippen molar-refractivity contribution in [3.8, 4) is 0 Å². The molecule has 0 heterocycles. The van der Waals surface area contributed by atoms with Crippen LogP contribution in [0.15, 0.2) is 24.3 Å². The summed E-state index contributed by atoms with van der Waals surface area (Å²) in [6, 6.07) is 7.71. The first-order valence-corrected chi connectivity index (χ1v) is 7.00. The molecule has 0 radical (unpaired) electrons. The first-order valence-electron chi connectivity index (χ1n) is 5.92. The summed E-state index contributed by atoms with van der Waals surface area (Å²) < 4.78 is 6.10. The lowest BCUT2D eigenvalue weighted by molar-refractivity contribution is -0.121. The highest BCUT2D eigenvalue weighted by atomic mass is 127. The van der Waals surface area contributed by atoms with E-state index in [0.717, 1.165) is 12.1 Å². The molecule has 1 rings (SSSR count). The van der Waals surface area contributed by atoms with Crippen molar-refractivity contribution in [1.29, 1.82) is 0 Å². The second-order valence-corrected chi connectivity index (χ2v) is 5.26. The first-order chi connectivity index (χ1) is 8.63. The maximum Gasteiger partial charge on any atom is 0.242 e. The number of carbonyl (C=O) groups is 1. The summed E-state index contributed by atoms with van der Waals surface area (Å²) in [5.41, 5.74) is 0.954. The molecule has 0 aromatic heterocycles. The fraction of sp³-hybridized carbons (Fsp3) is 0.462. The third-order valence-corrected chi connectivity index (χ3v) is 3.16. The van der Waals surface area contributed by atoms with Gasteiger partial charge in [0.15, 0.2) is 0 Å². The lowest BCUT2D eigenvalue weighted by Crippen LogP contribution is -2.38. The molecule has 1 aromatic carbocycles. The van der Waals surface area contributed by atoms with Gasteiger partial charge >= 0.3 is 0 Å². The van der Waals surface area contributed by atoms with E-state index < -0.39 is 0 Å². The summed E-state index contributed by atoms with van der Waals surface area (Å²) in [7, 11) is 1.66. The zero-order valence-electron chi connectivity index (χ0n) is 10.7. The molecule has 0 saturated carbocycles. The van der Waals surface area contributed by atoms with Crippen LogP contribution >= 0.6 is 22.6 Å². The second kappa shape index (κ2) is 8.31. The van der Waals surface area contributed by atoms with Crippen LogP contribution in [-0.4, -0.2) is 32.2 Å². The molecule has 0 bridgehead atoms. The molecule has 0 aliphatic rings. The summed E-state index contributed by atoms with van der Waals surface area (Å²) in [6.45, 7) is 3.16. The molecular weight excluding hydrogens is 343 g/mol. The standard InChI is InChI=1S/C13H19IN2O2/c1-10(13(17)15-8-3-9-18-2)16-12-6-4-11(14)5-7-12/h4-7,10,16H,3,8-9H2,1-2H3,(H,15,17). The number of halogens is 1. The number of methoxy groups -OCH3 is 1. The van der Waals surface area contributed by atoms with E-state index in [-0.39, 0.29) is 11.9 Å². The molecule has 1 unspecified atom stereocenters. The summed E-state index contributed by atoms with van der Waals surface area (Å²) in [5.74, 6) is 0.00431. The number of carbonyl (C=O) groups excluding carboxylic acids is 1. The van der Waals surface area contributed by atoms with Crippen LogP contribution in [0.25, 0.3) is 0 Å². The average Bonchev–Trinajstić information content (AvgIpc) is 2.37. The largest absolute Gasteiger partial charge is 0.385 e. The zero-order chi connectivity index (χ0) is 13.4. The molecule has 0 fully saturated rings. The van der Waals surface area contributed by atoms with E-state index in [1.807, 2.05) is 31.2 Å². The fourth-order valence-corrected chi connectivity index (χ4v) is 1.80. The number of amides is 1. The van der Waals surface area contributed by atoms with Crippen LogP contribution in [0.3, 0.4) is 0 Å². The number of nitrogens with one attached hydrogen (secondary N) is 2. The van der Waals surface area contributed by atoms with Gasteiger partial charge < -0.3 is 15.4 Å². The molecule has 5 heteroatoms. The molecule has 2 N–H and O–H groups in total. The van der Waals surface area contributed by atoms with Crippen molar-refractivity contribution in [1.82, 2.24) is 5.32 Å². The Morgan fingerprint density at radius 3 is 2.67 bits per heavy atom. The minimum atomic E-state index is -0.243. The van der Waals surface area contributed by atoms with E-state index in [4.69, 9.17) is 4.74 Å². The third kappa shape index (κ3) is 5.68. The Balaban J connectivity index is 2.33. The second-order valence-electron chi connectivity index (χ2n) is 4.01. The maximum atomic E-state index is 11.8. The van der Waals surface area contributed by atoms with Crippen molar-refractivity contribution < 1.29 is 9.53 Å². The number of ether oxygens (including phenoxy) is 1. The van der Waals surface area contributed by atoms with Crippen molar-refractivity contribution in [2.24, 2.45) is 0 Å². The number of rotatable bonds is 7. The topological polar surface area (TPSA) is 50.4 Å². The van der Waals surface area contributed by atoms with Gasteiger partial charge in [-0.3, -0.25) is 4.79 Å². The van der Waals surface area contributed by atoms with Gasteiger partial charge in [0.05, 0.1) is 0 Å². The smallest absolute Gasteiger partial charge is 0.242 e. The van der Waals surface area contributed by atoms with Crippen molar-refractivity contribution in [3.63, 3.8) is 0 Å². The predicted molar refractivity (Wildman–Crippen MR) is 81.7 cm³/mol. The average molecular weight is 362 g/mol. The van der Waals surface area contributed by atoms with Gasteiger partial charge in [-0.1, -0.05) is 0 Å². The summed E-state index contributed by atoms with van der Waals surface area (Å²) in [4.78, 5) is 11.8. The number of anilines is 1. The lowest BCUT2D eigenvalue weighted by atomic mass is 10.2. The van der Waals surface area contributed by atoms with Crippen LogP contribution in [0.5, 0.6) is 0 Å². The lowest BCUT2D eigenvalue weighted by Gasteiger charge is -2.15. The molecule has 1 aromatic rings. The molecule has 0 aliphatic carbocycles. The monoisotopic (exact) mass is 362 g/mol. The number of hydrogen-bond donors (Lipinski definition) is 2. The Morgan fingerprint density at radius 1 is 1.39 bits per heavy atom. The van der Waals surface area contributed by atoms with E-state index in [1.165, 1.54) is 3.57 Å².